The lowest BCUT2D eigenvalue weighted by Crippen LogP contribution is -2.40. The first-order chi connectivity index (χ1) is 10.5. The fourth-order valence-electron chi connectivity index (χ4n) is 2.47. The average molecular weight is 307 g/mol. The van der Waals surface area contributed by atoms with E-state index in [0.717, 1.165) is 25.7 Å². The van der Waals surface area contributed by atoms with Gasteiger partial charge in [0.25, 0.3) is 5.91 Å². The van der Waals surface area contributed by atoms with Crippen LogP contribution >= 0.6 is 0 Å². The third-order valence-corrected chi connectivity index (χ3v) is 3.78. The number of carbonyl (C=O) groups excluding carboxylic acids is 2. The van der Waals surface area contributed by atoms with Gasteiger partial charge >= 0.3 is 5.97 Å². The zero-order valence-corrected chi connectivity index (χ0v) is 12.8. The Labute approximate surface area is 129 Å². The molecule has 0 saturated heterocycles. The SMILES string of the molecule is COc1ccc(O)c(C(=O)O[C@@H](C)C(=O)NC2CCCC2)c1. The molecule has 1 amide bonds. The summed E-state index contributed by atoms with van der Waals surface area (Å²) in [6, 6.07) is 4.42. The summed E-state index contributed by atoms with van der Waals surface area (Å²) in [5.41, 5.74) is -0.0279. The van der Waals surface area contributed by atoms with Crippen molar-refractivity contribution in [2.75, 3.05) is 7.11 Å². The second kappa shape index (κ2) is 7.15. The van der Waals surface area contributed by atoms with Crippen LogP contribution in [0, 0.1) is 0 Å². The molecule has 1 aliphatic carbocycles. The number of nitrogens with one attached hydrogen (secondary N) is 1. The molecule has 2 N–H and O–H groups in total. The lowest BCUT2D eigenvalue weighted by atomic mass is 10.2. The largest absolute Gasteiger partial charge is 0.507 e. The van der Waals surface area contributed by atoms with Crippen molar-refractivity contribution in [1.29, 1.82) is 0 Å². The monoisotopic (exact) mass is 307 g/mol. The predicted molar refractivity (Wildman–Crippen MR) is 79.9 cm³/mol. The number of phenolic OH excluding ortho intramolecular Hbond substituents is 1. The van der Waals surface area contributed by atoms with Gasteiger partial charge in [-0.15, -0.1) is 0 Å². The maximum absolute atomic E-state index is 12.1. The van der Waals surface area contributed by atoms with Crippen molar-refractivity contribution in [3.63, 3.8) is 0 Å². The molecule has 1 aromatic carbocycles. The molecule has 0 heterocycles. The quantitative estimate of drug-likeness (QED) is 0.813. The Bertz CT molecular complexity index is 551. The number of esters is 1. The second-order valence-electron chi connectivity index (χ2n) is 5.42. The third kappa shape index (κ3) is 3.90. The van der Waals surface area contributed by atoms with Gasteiger partial charge < -0.3 is 19.9 Å². The molecule has 0 spiro atoms. The molecule has 2 rings (SSSR count). The van der Waals surface area contributed by atoms with Crippen molar-refractivity contribution >= 4 is 11.9 Å². The summed E-state index contributed by atoms with van der Waals surface area (Å²) in [6.07, 6.45) is 3.22. The molecule has 1 aliphatic rings. The number of ether oxygens (including phenoxy) is 2. The number of aromatic hydroxyl groups is 1. The molecular formula is C16H21NO5. The molecule has 120 valence electrons. The van der Waals surface area contributed by atoms with E-state index in [0.29, 0.717) is 5.75 Å². The van der Waals surface area contributed by atoms with Crippen molar-refractivity contribution in [2.45, 2.75) is 44.8 Å². The molecule has 0 aromatic heterocycles. The van der Waals surface area contributed by atoms with E-state index in [-0.39, 0.29) is 23.3 Å². The predicted octanol–water partition coefficient (Wildman–Crippen LogP) is 2.00. The van der Waals surface area contributed by atoms with Crippen molar-refractivity contribution in [3.05, 3.63) is 23.8 Å². The standard InChI is InChI=1S/C16H21NO5/c1-10(15(19)17-11-5-3-4-6-11)22-16(20)13-9-12(21-2)7-8-14(13)18/h7-11,18H,3-6H2,1-2H3,(H,17,19)/t10-/m0/s1. The van der Waals surface area contributed by atoms with Crippen LogP contribution in [0.4, 0.5) is 0 Å². The molecule has 0 radical (unpaired) electrons. The van der Waals surface area contributed by atoms with Gasteiger partial charge in [-0.1, -0.05) is 12.8 Å². The topological polar surface area (TPSA) is 84.9 Å². The van der Waals surface area contributed by atoms with Crippen LogP contribution in [0.2, 0.25) is 0 Å². The number of hydrogen-bond acceptors (Lipinski definition) is 5. The van der Waals surface area contributed by atoms with Crippen molar-refractivity contribution in [3.8, 4) is 11.5 Å². The van der Waals surface area contributed by atoms with Crippen molar-refractivity contribution < 1.29 is 24.2 Å². The van der Waals surface area contributed by atoms with E-state index in [1.807, 2.05) is 0 Å². The fourth-order valence-corrected chi connectivity index (χ4v) is 2.47. The highest BCUT2D eigenvalue weighted by molar-refractivity contribution is 5.95. The van der Waals surface area contributed by atoms with Gasteiger partial charge in [-0.2, -0.15) is 0 Å². The van der Waals surface area contributed by atoms with E-state index in [1.54, 1.807) is 0 Å². The Hall–Kier alpha value is -2.24. The van der Waals surface area contributed by atoms with Gasteiger partial charge in [0.15, 0.2) is 6.10 Å². The van der Waals surface area contributed by atoms with Gasteiger partial charge in [0, 0.05) is 6.04 Å². The van der Waals surface area contributed by atoms with Crippen LogP contribution in [0.15, 0.2) is 18.2 Å². The molecule has 1 fully saturated rings. The van der Waals surface area contributed by atoms with Crippen molar-refractivity contribution in [2.24, 2.45) is 0 Å². The van der Waals surface area contributed by atoms with Crippen LogP contribution < -0.4 is 10.1 Å². The normalized spacial score (nSPS) is 16.1. The van der Waals surface area contributed by atoms with E-state index < -0.39 is 12.1 Å². The highest BCUT2D eigenvalue weighted by Gasteiger charge is 2.24. The molecular weight excluding hydrogens is 286 g/mol. The summed E-state index contributed by atoms with van der Waals surface area (Å²) < 4.78 is 10.1. The molecule has 1 saturated carbocycles. The van der Waals surface area contributed by atoms with Gasteiger partial charge in [-0.25, -0.2) is 4.79 Å². The van der Waals surface area contributed by atoms with Crippen molar-refractivity contribution in [1.82, 2.24) is 5.32 Å². The molecule has 0 unspecified atom stereocenters. The summed E-state index contributed by atoms with van der Waals surface area (Å²) in [7, 11) is 1.46. The molecule has 1 aromatic rings. The van der Waals surface area contributed by atoms with Crippen LogP contribution in [-0.4, -0.2) is 36.2 Å². The molecule has 0 aliphatic heterocycles. The molecule has 1 atom stereocenters. The molecule has 0 bridgehead atoms. The Kier molecular flexibility index (Phi) is 5.25. The van der Waals surface area contributed by atoms with Gasteiger partial charge in [-0.3, -0.25) is 4.79 Å². The number of methoxy groups -OCH3 is 1. The van der Waals surface area contributed by atoms with Gasteiger partial charge in [0.2, 0.25) is 0 Å². The van der Waals surface area contributed by atoms with Crippen LogP contribution in [0.25, 0.3) is 0 Å². The lowest BCUT2D eigenvalue weighted by Gasteiger charge is -2.17. The van der Waals surface area contributed by atoms with E-state index in [9.17, 15) is 14.7 Å². The first-order valence-corrected chi connectivity index (χ1v) is 7.39. The summed E-state index contributed by atoms with van der Waals surface area (Å²) in [6.45, 7) is 1.51. The van der Waals surface area contributed by atoms with Crippen LogP contribution in [0.5, 0.6) is 11.5 Å². The lowest BCUT2D eigenvalue weighted by molar-refractivity contribution is -0.129. The van der Waals surface area contributed by atoms with E-state index in [2.05, 4.69) is 5.32 Å². The maximum Gasteiger partial charge on any atom is 0.342 e. The first-order valence-electron chi connectivity index (χ1n) is 7.39. The van der Waals surface area contributed by atoms with Gasteiger partial charge in [0.1, 0.15) is 17.1 Å². The third-order valence-electron chi connectivity index (χ3n) is 3.78. The minimum Gasteiger partial charge on any atom is -0.507 e. The number of amides is 1. The number of benzene rings is 1. The number of carbonyl (C=O) groups is 2. The van der Waals surface area contributed by atoms with E-state index >= 15 is 0 Å². The summed E-state index contributed by atoms with van der Waals surface area (Å²) >= 11 is 0. The minimum atomic E-state index is -0.918. The minimum absolute atomic E-state index is 0.0279. The Morgan fingerprint density at radius 1 is 1.32 bits per heavy atom. The molecule has 6 nitrogen and oxygen atoms in total. The Morgan fingerprint density at radius 2 is 2.00 bits per heavy atom. The number of hydrogen-bond donors (Lipinski definition) is 2. The first kappa shape index (κ1) is 16.1. The highest BCUT2D eigenvalue weighted by atomic mass is 16.5. The van der Waals surface area contributed by atoms with Crippen LogP contribution in [-0.2, 0) is 9.53 Å². The average Bonchev–Trinajstić information content (AvgIpc) is 3.00. The second-order valence-corrected chi connectivity index (χ2v) is 5.42. The maximum atomic E-state index is 12.1. The fraction of sp³-hybridized carbons (Fsp3) is 0.500. The highest BCUT2D eigenvalue weighted by Crippen LogP contribution is 2.24. The van der Waals surface area contributed by atoms with E-state index in [1.165, 1.54) is 32.2 Å². The summed E-state index contributed by atoms with van der Waals surface area (Å²) in [5.74, 6) is -0.866. The Morgan fingerprint density at radius 3 is 2.64 bits per heavy atom. The van der Waals surface area contributed by atoms with Gasteiger partial charge in [0.05, 0.1) is 7.11 Å². The van der Waals surface area contributed by atoms with Crippen LogP contribution in [0.3, 0.4) is 0 Å². The Balaban J connectivity index is 1.96. The zero-order valence-electron chi connectivity index (χ0n) is 12.8. The molecule has 6 heteroatoms. The van der Waals surface area contributed by atoms with E-state index in [4.69, 9.17) is 9.47 Å². The zero-order chi connectivity index (χ0) is 16.1. The van der Waals surface area contributed by atoms with Crippen LogP contribution in [0.1, 0.15) is 43.0 Å². The molecule has 22 heavy (non-hydrogen) atoms. The van der Waals surface area contributed by atoms with Gasteiger partial charge in [-0.05, 0) is 38.0 Å². The summed E-state index contributed by atoms with van der Waals surface area (Å²) in [5, 5.41) is 12.6. The number of phenols is 1. The summed E-state index contributed by atoms with van der Waals surface area (Å²) in [4.78, 5) is 24.1. The number of rotatable bonds is 5. The smallest absolute Gasteiger partial charge is 0.342 e.